The van der Waals surface area contributed by atoms with Crippen LogP contribution in [0.25, 0.3) is 0 Å². The first-order valence-electron chi connectivity index (χ1n) is 6.20. The summed E-state index contributed by atoms with van der Waals surface area (Å²) in [5.41, 5.74) is 1.07. The van der Waals surface area contributed by atoms with Gasteiger partial charge >= 0.3 is 0 Å². The van der Waals surface area contributed by atoms with Crippen LogP contribution in [0.15, 0.2) is 6.20 Å². The van der Waals surface area contributed by atoms with Crippen LogP contribution in [-0.2, 0) is 6.54 Å². The van der Waals surface area contributed by atoms with Crippen LogP contribution in [0.1, 0.15) is 5.69 Å². The van der Waals surface area contributed by atoms with Gasteiger partial charge in [0.25, 0.3) is 0 Å². The van der Waals surface area contributed by atoms with Crippen LogP contribution >= 0.6 is 0 Å². The topological polar surface area (TPSA) is 36.3 Å². The van der Waals surface area contributed by atoms with Crippen LogP contribution < -0.4 is 5.32 Å². The lowest BCUT2D eigenvalue weighted by Crippen LogP contribution is -2.51. The molecule has 5 nitrogen and oxygen atoms in total. The molecule has 1 aromatic rings. The SMILES string of the molecule is CNc1nc(C)cn1CC1CN(C)CCN1C. The van der Waals surface area contributed by atoms with Gasteiger partial charge in [-0.1, -0.05) is 0 Å². The van der Waals surface area contributed by atoms with Crippen molar-refractivity contribution < 1.29 is 0 Å². The largest absolute Gasteiger partial charge is 0.359 e. The number of nitrogens with one attached hydrogen (secondary N) is 1. The van der Waals surface area contributed by atoms with Crippen molar-refractivity contribution in [2.45, 2.75) is 19.5 Å². The molecule has 1 aliphatic rings. The van der Waals surface area contributed by atoms with Gasteiger partial charge < -0.3 is 14.8 Å². The summed E-state index contributed by atoms with van der Waals surface area (Å²) >= 11 is 0. The fourth-order valence-corrected chi connectivity index (χ4v) is 2.41. The number of nitrogens with zero attached hydrogens (tertiary/aromatic N) is 4. The van der Waals surface area contributed by atoms with Gasteiger partial charge in [-0.25, -0.2) is 4.98 Å². The van der Waals surface area contributed by atoms with E-state index in [4.69, 9.17) is 0 Å². The standard InChI is InChI=1S/C12H23N5/c1-10-7-17(12(13-2)14-10)9-11-8-15(3)5-6-16(11)4/h7,11H,5-6,8-9H2,1-4H3,(H,13,14). The van der Waals surface area contributed by atoms with E-state index < -0.39 is 0 Å². The summed E-state index contributed by atoms with van der Waals surface area (Å²) in [5.74, 6) is 0.962. The summed E-state index contributed by atoms with van der Waals surface area (Å²) in [5, 5.41) is 3.15. The molecule has 5 heteroatoms. The second-order valence-electron chi connectivity index (χ2n) is 5.00. The quantitative estimate of drug-likeness (QED) is 0.829. The van der Waals surface area contributed by atoms with Gasteiger partial charge in [-0.2, -0.15) is 0 Å². The van der Waals surface area contributed by atoms with Crippen molar-refractivity contribution in [3.05, 3.63) is 11.9 Å². The molecule has 0 bridgehead atoms. The van der Waals surface area contributed by atoms with Crippen molar-refractivity contribution in [2.24, 2.45) is 0 Å². The zero-order valence-electron chi connectivity index (χ0n) is 11.3. The van der Waals surface area contributed by atoms with E-state index in [1.54, 1.807) is 0 Å². The first kappa shape index (κ1) is 12.4. The van der Waals surface area contributed by atoms with E-state index in [0.717, 1.165) is 37.8 Å². The molecular formula is C12H23N5. The molecule has 17 heavy (non-hydrogen) atoms. The first-order chi connectivity index (χ1) is 8.10. The Morgan fingerprint density at radius 1 is 1.41 bits per heavy atom. The van der Waals surface area contributed by atoms with Crippen LogP contribution in [0, 0.1) is 6.92 Å². The number of rotatable bonds is 3. The molecule has 1 unspecified atom stereocenters. The third-order valence-electron chi connectivity index (χ3n) is 3.51. The molecule has 1 aliphatic heterocycles. The lowest BCUT2D eigenvalue weighted by Gasteiger charge is -2.38. The molecule has 0 amide bonds. The lowest BCUT2D eigenvalue weighted by atomic mass is 10.2. The molecule has 1 fully saturated rings. The maximum absolute atomic E-state index is 4.46. The molecule has 0 spiro atoms. The zero-order chi connectivity index (χ0) is 12.4. The van der Waals surface area contributed by atoms with E-state index in [-0.39, 0.29) is 0 Å². The predicted octanol–water partition coefficient (Wildman–Crippen LogP) is 0.479. The summed E-state index contributed by atoms with van der Waals surface area (Å²) in [6, 6.07) is 0.564. The number of anilines is 1. The summed E-state index contributed by atoms with van der Waals surface area (Å²) < 4.78 is 2.22. The minimum atomic E-state index is 0.564. The Balaban J connectivity index is 2.08. The van der Waals surface area contributed by atoms with Crippen LogP contribution in [0.5, 0.6) is 0 Å². The predicted molar refractivity (Wildman–Crippen MR) is 70.4 cm³/mol. The molecule has 1 aromatic heterocycles. The third kappa shape index (κ3) is 2.79. The van der Waals surface area contributed by atoms with Gasteiger partial charge in [-0.3, -0.25) is 4.90 Å². The van der Waals surface area contributed by atoms with Crippen LogP contribution in [0.2, 0.25) is 0 Å². The molecule has 96 valence electrons. The molecule has 2 heterocycles. The molecule has 0 aliphatic carbocycles. The van der Waals surface area contributed by atoms with E-state index in [9.17, 15) is 0 Å². The van der Waals surface area contributed by atoms with Crippen molar-refractivity contribution in [3.63, 3.8) is 0 Å². The number of hydrogen-bond donors (Lipinski definition) is 1. The number of aryl methyl sites for hydroxylation is 1. The van der Waals surface area contributed by atoms with Crippen molar-refractivity contribution in [2.75, 3.05) is 46.1 Å². The summed E-state index contributed by atoms with van der Waals surface area (Å²) in [4.78, 5) is 9.29. The average molecular weight is 237 g/mol. The van der Waals surface area contributed by atoms with Gasteiger partial charge in [-0.05, 0) is 21.0 Å². The van der Waals surface area contributed by atoms with E-state index in [2.05, 4.69) is 45.0 Å². The Morgan fingerprint density at radius 3 is 2.88 bits per heavy atom. The molecular weight excluding hydrogens is 214 g/mol. The molecule has 2 rings (SSSR count). The average Bonchev–Trinajstić information content (AvgIpc) is 2.64. The maximum atomic E-state index is 4.46. The number of aromatic nitrogens is 2. The minimum absolute atomic E-state index is 0.564. The van der Waals surface area contributed by atoms with Crippen molar-refractivity contribution >= 4 is 5.95 Å². The van der Waals surface area contributed by atoms with Gasteiger partial charge in [0.2, 0.25) is 5.95 Å². The van der Waals surface area contributed by atoms with Crippen molar-refractivity contribution in [1.29, 1.82) is 0 Å². The van der Waals surface area contributed by atoms with Gasteiger partial charge in [0.1, 0.15) is 0 Å². The van der Waals surface area contributed by atoms with Crippen LogP contribution in [0.3, 0.4) is 0 Å². The third-order valence-corrected chi connectivity index (χ3v) is 3.51. The normalized spacial score (nSPS) is 22.9. The number of piperazine rings is 1. The second kappa shape index (κ2) is 5.06. The Hall–Kier alpha value is -1.07. The zero-order valence-corrected chi connectivity index (χ0v) is 11.3. The van der Waals surface area contributed by atoms with Crippen molar-refractivity contribution in [1.82, 2.24) is 19.4 Å². The number of imidazole rings is 1. The summed E-state index contributed by atoms with van der Waals surface area (Å²) in [6.07, 6.45) is 2.12. The Bertz CT molecular complexity index is 373. The summed E-state index contributed by atoms with van der Waals surface area (Å²) in [6.45, 7) is 6.46. The smallest absolute Gasteiger partial charge is 0.202 e. The second-order valence-corrected chi connectivity index (χ2v) is 5.00. The van der Waals surface area contributed by atoms with E-state index in [1.807, 2.05) is 14.0 Å². The summed E-state index contributed by atoms with van der Waals surface area (Å²) in [7, 11) is 6.33. The van der Waals surface area contributed by atoms with Crippen LogP contribution in [-0.4, -0.2) is 66.2 Å². The number of likely N-dealkylation sites (N-methyl/N-ethyl adjacent to an activating group) is 2. The minimum Gasteiger partial charge on any atom is -0.359 e. The fourth-order valence-electron chi connectivity index (χ4n) is 2.41. The fraction of sp³-hybridized carbons (Fsp3) is 0.750. The highest BCUT2D eigenvalue weighted by molar-refractivity contribution is 5.27. The van der Waals surface area contributed by atoms with E-state index in [1.165, 1.54) is 0 Å². The Morgan fingerprint density at radius 2 is 2.18 bits per heavy atom. The lowest BCUT2D eigenvalue weighted by molar-refractivity contribution is 0.103. The molecule has 0 saturated carbocycles. The molecule has 1 saturated heterocycles. The Kier molecular flexibility index (Phi) is 3.69. The molecule has 0 aromatic carbocycles. The maximum Gasteiger partial charge on any atom is 0.202 e. The molecule has 1 N–H and O–H groups in total. The van der Waals surface area contributed by atoms with E-state index in [0.29, 0.717) is 6.04 Å². The van der Waals surface area contributed by atoms with Crippen LogP contribution in [0.4, 0.5) is 5.95 Å². The first-order valence-corrected chi connectivity index (χ1v) is 6.20. The van der Waals surface area contributed by atoms with Gasteiger partial charge in [0.05, 0.1) is 5.69 Å². The van der Waals surface area contributed by atoms with Gasteiger partial charge in [0, 0.05) is 45.5 Å². The number of hydrogen-bond acceptors (Lipinski definition) is 4. The Labute approximate surface area is 103 Å². The molecule has 1 atom stereocenters. The highest BCUT2D eigenvalue weighted by Crippen LogP contribution is 2.13. The van der Waals surface area contributed by atoms with Crippen molar-refractivity contribution in [3.8, 4) is 0 Å². The monoisotopic (exact) mass is 237 g/mol. The highest BCUT2D eigenvalue weighted by atomic mass is 15.3. The van der Waals surface area contributed by atoms with Gasteiger partial charge in [0.15, 0.2) is 0 Å². The van der Waals surface area contributed by atoms with E-state index >= 15 is 0 Å². The molecule has 0 radical (unpaired) electrons. The highest BCUT2D eigenvalue weighted by Gasteiger charge is 2.23. The van der Waals surface area contributed by atoms with Gasteiger partial charge in [-0.15, -0.1) is 0 Å².